The van der Waals surface area contributed by atoms with E-state index in [0.717, 1.165) is 12.1 Å². The summed E-state index contributed by atoms with van der Waals surface area (Å²) in [5, 5.41) is 0. The highest BCUT2D eigenvalue weighted by atomic mass is 32.1. The lowest BCUT2D eigenvalue weighted by Crippen LogP contribution is -2.08. The van der Waals surface area contributed by atoms with Crippen LogP contribution < -0.4 is 10.3 Å². The first-order valence-electron chi connectivity index (χ1n) is 5.40. The third-order valence-corrected chi connectivity index (χ3v) is 2.01. The van der Waals surface area contributed by atoms with Gasteiger partial charge in [-0.15, -0.1) is 0 Å². The Morgan fingerprint density at radius 1 is 1.29 bits per heavy atom. The molecule has 0 heterocycles. The summed E-state index contributed by atoms with van der Waals surface area (Å²) in [5.74, 6) is 0. The molecule has 0 bridgehead atoms. The van der Waals surface area contributed by atoms with Crippen molar-refractivity contribution in [3.05, 3.63) is 29.8 Å². The van der Waals surface area contributed by atoms with E-state index in [1.165, 1.54) is 11.9 Å². The molecule has 1 rings (SSSR count). The minimum absolute atomic E-state index is 1.03. The Morgan fingerprint density at radius 3 is 2.29 bits per heavy atom. The number of aryl methyl sites for hydroxylation is 1. The Labute approximate surface area is 109 Å². The Balaban J connectivity index is 0.000000366. The van der Waals surface area contributed by atoms with Crippen LogP contribution in [0.4, 0.5) is 5.69 Å². The molecule has 1 aromatic rings. The molecule has 94 valence electrons. The summed E-state index contributed by atoms with van der Waals surface area (Å²) >= 11 is 3.82. The first kappa shape index (κ1) is 15.7. The molecule has 0 atom stereocenters. The summed E-state index contributed by atoms with van der Waals surface area (Å²) in [4.78, 5) is 9.84. The monoisotopic (exact) mass is 252 g/mol. The largest absolute Gasteiger partial charge is 0.312 e. The van der Waals surface area contributed by atoms with Crippen LogP contribution in [-0.4, -0.2) is 19.6 Å². The van der Waals surface area contributed by atoms with Gasteiger partial charge in [0.15, 0.2) is 0 Å². The van der Waals surface area contributed by atoms with Gasteiger partial charge in [0.2, 0.25) is 0 Å². The van der Waals surface area contributed by atoms with E-state index in [1.807, 2.05) is 19.1 Å². The lowest BCUT2D eigenvalue weighted by Gasteiger charge is -2.03. The highest BCUT2D eigenvalue weighted by Crippen LogP contribution is 2.08. The number of aliphatic imine (C=N–C) groups is 2. The summed E-state index contributed by atoms with van der Waals surface area (Å²) in [6, 6.07) is 8.21. The highest BCUT2D eigenvalue weighted by Gasteiger charge is 1.89. The molecule has 17 heavy (non-hydrogen) atoms. The number of hydrogen-bond acceptors (Lipinski definition) is 4. The molecule has 0 radical (unpaired) electrons. The van der Waals surface area contributed by atoms with Crippen molar-refractivity contribution in [3.8, 4) is 0 Å². The van der Waals surface area contributed by atoms with E-state index in [1.54, 1.807) is 13.3 Å². The Hall–Kier alpha value is -1.33. The van der Waals surface area contributed by atoms with Gasteiger partial charge in [-0.2, -0.15) is 4.83 Å². The van der Waals surface area contributed by atoms with Gasteiger partial charge < -0.3 is 5.43 Å². The van der Waals surface area contributed by atoms with Crippen LogP contribution in [0.25, 0.3) is 0 Å². The van der Waals surface area contributed by atoms with Crippen molar-refractivity contribution in [2.24, 2.45) is 9.98 Å². The molecule has 0 unspecified atom stereocenters. The van der Waals surface area contributed by atoms with E-state index >= 15 is 0 Å². The van der Waals surface area contributed by atoms with E-state index in [9.17, 15) is 0 Å². The topological polar surface area (TPSA) is 48.8 Å². The normalized spacial score (nSPS) is 10.4. The Bertz CT molecular complexity index is 323. The number of nitrogens with one attached hydrogen (secondary N) is 2. The van der Waals surface area contributed by atoms with Crippen LogP contribution in [0.15, 0.2) is 34.3 Å². The van der Waals surface area contributed by atoms with Crippen LogP contribution in [0.1, 0.15) is 19.4 Å². The second kappa shape index (κ2) is 11.2. The van der Waals surface area contributed by atoms with E-state index in [0.29, 0.717) is 0 Å². The van der Waals surface area contributed by atoms with Crippen molar-refractivity contribution in [2.45, 2.75) is 20.3 Å². The molecule has 0 aliphatic carbocycles. The number of rotatable bonds is 4. The van der Waals surface area contributed by atoms with E-state index in [-0.39, 0.29) is 0 Å². The van der Waals surface area contributed by atoms with Crippen LogP contribution in [0.3, 0.4) is 0 Å². The number of anilines is 1. The molecular formula is C12H20N4S. The first-order valence-corrected chi connectivity index (χ1v) is 5.85. The zero-order valence-electron chi connectivity index (χ0n) is 10.5. The van der Waals surface area contributed by atoms with Crippen LogP contribution >= 0.6 is 12.8 Å². The first-order chi connectivity index (χ1) is 8.28. The van der Waals surface area contributed by atoms with Crippen LogP contribution in [0, 0.1) is 0 Å². The smallest absolute Gasteiger partial charge is 0.109 e. The summed E-state index contributed by atoms with van der Waals surface area (Å²) in [5.41, 5.74) is 5.24. The van der Waals surface area contributed by atoms with E-state index < -0.39 is 0 Å². The maximum atomic E-state index is 3.82. The van der Waals surface area contributed by atoms with Crippen molar-refractivity contribution >= 4 is 31.1 Å². The average molecular weight is 252 g/mol. The van der Waals surface area contributed by atoms with Crippen LogP contribution in [-0.2, 0) is 6.42 Å². The van der Waals surface area contributed by atoms with Gasteiger partial charge in [0.1, 0.15) is 6.34 Å². The molecule has 0 aliphatic heterocycles. The van der Waals surface area contributed by atoms with Gasteiger partial charge in [0.05, 0.1) is 0 Å². The minimum atomic E-state index is 1.03. The highest BCUT2D eigenvalue weighted by molar-refractivity contribution is 7.78. The van der Waals surface area contributed by atoms with E-state index in [4.69, 9.17) is 0 Å². The quantitative estimate of drug-likeness (QED) is 0.334. The summed E-state index contributed by atoms with van der Waals surface area (Å²) in [6.45, 7) is 3.99. The predicted molar refractivity (Wildman–Crippen MR) is 80.1 cm³/mol. The number of thiol groups is 1. The molecule has 0 amide bonds. The number of benzene rings is 1. The average Bonchev–Trinajstić information content (AvgIpc) is 2.38. The van der Waals surface area contributed by atoms with Gasteiger partial charge in [-0.3, -0.25) is 9.98 Å². The standard InChI is InChI=1S/C8H12N2S.C4H8N2/c1-2-7-3-5-8(6-4-7)9-10-11;1-3-6-4-5-2/h3-6,9-11H,2H2,1H3;3-4H,1-2H3. The van der Waals surface area contributed by atoms with Gasteiger partial charge in [-0.1, -0.05) is 31.9 Å². The van der Waals surface area contributed by atoms with Gasteiger partial charge >= 0.3 is 0 Å². The molecule has 5 heteroatoms. The third-order valence-electron chi connectivity index (χ3n) is 1.89. The minimum Gasteiger partial charge on any atom is -0.312 e. The number of hydrazine groups is 1. The summed E-state index contributed by atoms with van der Waals surface area (Å²) in [7, 11) is 1.69. The van der Waals surface area contributed by atoms with E-state index in [2.05, 4.69) is 52.1 Å². The molecular weight excluding hydrogens is 232 g/mol. The lowest BCUT2D eigenvalue weighted by atomic mass is 10.2. The van der Waals surface area contributed by atoms with Crippen LogP contribution in [0.2, 0.25) is 0 Å². The van der Waals surface area contributed by atoms with Crippen molar-refractivity contribution in [1.29, 1.82) is 0 Å². The zero-order chi connectivity index (χ0) is 12.9. The summed E-state index contributed by atoms with van der Waals surface area (Å²) < 4.78 is 0. The molecule has 0 aromatic heterocycles. The molecule has 4 nitrogen and oxygen atoms in total. The van der Waals surface area contributed by atoms with Crippen molar-refractivity contribution < 1.29 is 0 Å². The molecule has 0 spiro atoms. The SMILES string of the molecule is CC=NC=NC.CCc1ccc(NNS)cc1. The van der Waals surface area contributed by atoms with Crippen molar-refractivity contribution in [3.63, 3.8) is 0 Å². The molecule has 2 N–H and O–H groups in total. The lowest BCUT2D eigenvalue weighted by molar-refractivity contribution is 1.13. The molecule has 1 aromatic carbocycles. The third kappa shape index (κ3) is 8.47. The molecule has 0 saturated carbocycles. The zero-order valence-corrected chi connectivity index (χ0v) is 11.4. The second-order valence-electron chi connectivity index (χ2n) is 3.07. The maximum absolute atomic E-state index is 3.82. The predicted octanol–water partition coefficient (Wildman–Crippen LogP) is 2.75. The van der Waals surface area contributed by atoms with Crippen molar-refractivity contribution in [2.75, 3.05) is 12.5 Å². The maximum Gasteiger partial charge on any atom is 0.109 e. The Kier molecular flexibility index (Phi) is 10.3. The Morgan fingerprint density at radius 2 is 1.94 bits per heavy atom. The fraction of sp³-hybridized carbons (Fsp3) is 0.333. The molecule has 0 aliphatic rings. The fourth-order valence-electron chi connectivity index (χ4n) is 1.02. The van der Waals surface area contributed by atoms with Crippen LogP contribution in [0.5, 0.6) is 0 Å². The van der Waals surface area contributed by atoms with Gasteiger partial charge in [0.25, 0.3) is 0 Å². The number of hydrogen-bond donors (Lipinski definition) is 3. The second-order valence-corrected chi connectivity index (χ2v) is 3.29. The van der Waals surface area contributed by atoms with Crippen molar-refractivity contribution in [1.82, 2.24) is 4.83 Å². The fourth-order valence-corrected chi connectivity index (χ4v) is 1.15. The van der Waals surface area contributed by atoms with Gasteiger partial charge in [-0.25, -0.2) is 0 Å². The van der Waals surface area contributed by atoms with Gasteiger partial charge in [-0.05, 0) is 31.0 Å². The molecule has 0 saturated heterocycles. The summed E-state index contributed by atoms with van der Waals surface area (Å²) in [6.07, 6.45) is 4.27. The number of nitrogens with zero attached hydrogens (tertiary/aromatic N) is 2. The molecule has 0 fully saturated rings. The van der Waals surface area contributed by atoms with Gasteiger partial charge in [0, 0.05) is 18.9 Å².